The molecule has 0 saturated heterocycles. The van der Waals surface area contributed by atoms with Gasteiger partial charge in [0.2, 0.25) is 0 Å². The average molecular weight is 296 g/mol. The Morgan fingerprint density at radius 1 is 0.727 bits per heavy atom. The van der Waals surface area contributed by atoms with Gasteiger partial charge in [0.25, 0.3) is 0 Å². The van der Waals surface area contributed by atoms with Gasteiger partial charge in [-0.1, -0.05) is 69.3 Å². The van der Waals surface area contributed by atoms with E-state index in [4.69, 9.17) is 15.1 Å². The van der Waals surface area contributed by atoms with Crippen LogP contribution in [-0.2, 0) is 5.41 Å². The molecule has 3 nitrogen and oxygen atoms in total. The molecule has 0 atom stereocenters. The molecule has 0 aromatic heterocycles. The largest absolute Gasteiger partial charge is 0.631 e. The van der Waals surface area contributed by atoms with E-state index in [1.54, 1.807) is 0 Å². The number of benzene rings is 3. The van der Waals surface area contributed by atoms with Crippen LogP contribution >= 0.6 is 0 Å². The lowest BCUT2D eigenvalue weighted by Gasteiger charge is -2.24. The van der Waals surface area contributed by atoms with Crippen LogP contribution < -0.4 is 0 Å². The van der Waals surface area contributed by atoms with E-state index in [2.05, 4.69) is 75.4 Å². The molecule has 0 unspecified atom stereocenters. The van der Waals surface area contributed by atoms with Crippen molar-refractivity contribution in [1.29, 1.82) is 0 Å². The van der Waals surface area contributed by atoms with Crippen LogP contribution in [0.1, 0.15) is 26.3 Å². The highest BCUT2D eigenvalue weighted by Gasteiger charge is 2.19. The van der Waals surface area contributed by atoms with Crippen LogP contribution in [0.2, 0.25) is 0 Å². The lowest BCUT2D eigenvalue weighted by atomic mass is 9.80. The molecule has 3 aromatic carbocycles. The van der Waals surface area contributed by atoms with Crippen molar-refractivity contribution < 1.29 is 15.1 Å². The normalized spacial score (nSPS) is 11.2. The summed E-state index contributed by atoms with van der Waals surface area (Å²) in [4.78, 5) is 0. The van der Waals surface area contributed by atoms with Gasteiger partial charge in [0, 0.05) is 0 Å². The van der Waals surface area contributed by atoms with Gasteiger partial charge in [0.1, 0.15) is 0 Å². The van der Waals surface area contributed by atoms with Crippen molar-refractivity contribution >= 4 is 28.9 Å². The second-order valence-corrected chi connectivity index (χ2v) is 6.29. The Bertz CT molecular complexity index is 719. The molecule has 0 amide bonds. The summed E-state index contributed by atoms with van der Waals surface area (Å²) in [6, 6.07) is 19.7. The van der Waals surface area contributed by atoms with Crippen LogP contribution in [0, 0.1) is 0 Å². The van der Waals surface area contributed by atoms with Gasteiger partial charge in [0.05, 0.1) is 0 Å². The summed E-state index contributed by atoms with van der Waals surface area (Å²) in [5.74, 6) is 0. The second-order valence-electron chi connectivity index (χ2n) is 6.29. The Morgan fingerprint density at radius 2 is 1.09 bits per heavy atom. The summed E-state index contributed by atoms with van der Waals surface area (Å²) in [7, 11) is -2.17. The minimum Gasteiger partial charge on any atom is -0.402 e. The number of hydrogen-bond acceptors (Lipinski definition) is 3. The van der Waals surface area contributed by atoms with Gasteiger partial charge >= 0.3 is 7.32 Å². The lowest BCUT2D eigenvalue weighted by Crippen LogP contribution is -2.12. The Morgan fingerprint density at radius 3 is 1.45 bits per heavy atom. The first-order valence-corrected chi connectivity index (χ1v) is 7.26. The molecule has 0 fully saturated rings. The molecule has 3 N–H and O–H groups in total. The molecule has 4 heteroatoms. The Hall–Kier alpha value is -1.88. The third-order valence-corrected chi connectivity index (χ3v) is 3.52. The van der Waals surface area contributed by atoms with Gasteiger partial charge in [-0.25, -0.2) is 0 Å². The molecular formula is C18H21BO3. The molecule has 0 spiro atoms. The monoisotopic (exact) mass is 296 g/mol. The average Bonchev–Trinajstić information content (AvgIpc) is 2.42. The van der Waals surface area contributed by atoms with E-state index in [0.717, 1.165) is 0 Å². The quantitative estimate of drug-likeness (QED) is 0.441. The Kier molecular flexibility index (Phi) is 4.86. The maximum atomic E-state index is 7.17. The highest BCUT2D eigenvalue weighted by atomic mass is 16.5. The van der Waals surface area contributed by atoms with Crippen LogP contribution in [0.15, 0.2) is 54.6 Å². The smallest absolute Gasteiger partial charge is 0.402 e. The number of hydrogen-bond donors (Lipinski definition) is 3. The molecule has 0 radical (unpaired) electrons. The van der Waals surface area contributed by atoms with Crippen molar-refractivity contribution in [2.24, 2.45) is 0 Å². The third kappa shape index (κ3) is 3.66. The zero-order valence-electron chi connectivity index (χ0n) is 13.1. The maximum absolute atomic E-state index is 7.17. The molecule has 0 saturated carbocycles. The zero-order chi connectivity index (χ0) is 16.3. The molecule has 3 aromatic rings. The fourth-order valence-corrected chi connectivity index (χ4v) is 2.82. The summed E-state index contributed by atoms with van der Waals surface area (Å²) < 4.78 is 0. The summed E-state index contributed by atoms with van der Waals surface area (Å²) in [6.45, 7) is 6.88. The highest BCUT2D eigenvalue weighted by Crippen LogP contribution is 2.36. The molecule has 0 heterocycles. The lowest BCUT2D eigenvalue weighted by molar-refractivity contribution is 0.278. The van der Waals surface area contributed by atoms with Crippen molar-refractivity contribution in [2.75, 3.05) is 0 Å². The molecular weight excluding hydrogens is 275 g/mol. The van der Waals surface area contributed by atoms with Crippen LogP contribution in [0.3, 0.4) is 0 Å². The van der Waals surface area contributed by atoms with Crippen molar-refractivity contribution in [3.05, 3.63) is 60.2 Å². The topological polar surface area (TPSA) is 60.7 Å². The van der Waals surface area contributed by atoms with Crippen molar-refractivity contribution in [2.45, 2.75) is 26.2 Å². The maximum Gasteiger partial charge on any atom is 0.631 e. The number of rotatable bonds is 0. The first-order chi connectivity index (χ1) is 10.3. The molecule has 0 aliphatic rings. The third-order valence-electron chi connectivity index (χ3n) is 3.52. The summed E-state index contributed by atoms with van der Waals surface area (Å²) in [5.41, 5.74) is 1.61. The molecule has 3 rings (SSSR count). The van der Waals surface area contributed by atoms with E-state index < -0.39 is 7.32 Å². The van der Waals surface area contributed by atoms with Crippen LogP contribution in [-0.4, -0.2) is 22.4 Å². The first-order valence-electron chi connectivity index (χ1n) is 7.26. The van der Waals surface area contributed by atoms with Crippen molar-refractivity contribution in [3.8, 4) is 0 Å². The van der Waals surface area contributed by atoms with Gasteiger partial charge in [-0.15, -0.1) is 0 Å². The van der Waals surface area contributed by atoms with Crippen LogP contribution in [0.4, 0.5) is 0 Å². The summed E-state index contributed by atoms with van der Waals surface area (Å²) >= 11 is 0. The van der Waals surface area contributed by atoms with Gasteiger partial charge in [0.15, 0.2) is 0 Å². The predicted octanol–water partition coefficient (Wildman–Crippen LogP) is 3.24. The van der Waals surface area contributed by atoms with E-state index in [1.165, 1.54) is 27.1 Å². The van der Waals surface area contributed by atoms with Gasteiger partial charge in [-0.2, -0.15) is 0 Å². The van der Waals surface area contributed by atoms with E-state index in [0.29, 0.717) is 0 Å². The number of fused-ring (bicyclic) bond motifs is 2. The Balaban J connectivity index is 0.000000396. The summed E-state index contributed by atoms with van der Waals surface area (Å²) in [5, 5.41) is 26.9. The summed E-state index contributed by atoms with van der Waals surface area (Å²) in [6.07, 6.45) is 0. The van der Waals surface area contributed by atoms with E-state index in [-0.39, 0.29) is 5.41 Å². The van der Waals surface area contributed by atoms with Crippen molar-refractivity contribution in [3.63, 3.8) is 0 Å². The highest BCUT2D eigenvalue weighted by molar-refractivity contribution is 6.30. The second kappa shape index (κ2) is 6.49. The van der Waals surface area contributed by atoms with Gasteiger partial charge in [-0.05, 0) is 38.6 Å². The van der Waals surface area contributed by atoms with E-state index in [9.17, 15) is 0 Å². The van der Waals surface area contributed by atoms with Gasteiger partial charge < -0.3 is 15.1 Å². The fraction of sp³-hybridized carbons (Fsp3) is 0.222. The SMILES string of the molecule is CC(C)(C)c1c2ccccc2cc2ccccc12.OB(O)O. The molecule has 22 heavy (non-hydrogen) atoms. The zero-order valence-corrected chi connectivity index (χ0v) is 13.1. The van der Waals surface area contributed by atoms with E-state index >= 15 is 0 Å². The van der Waals surface area contributed by atoms with Gasteiger partial charge in [-0.3, -0.25) is 0 Å². The molecule has 0 bridgehead atoms. The van der Waals surface area contributed by atoms with Crippen LogP contribution in [0.5, 0.6) is 0 Å². The Labute approximate surface area is 131 Å². The minimum atomic E-state index is -2.17. The fourth-order valence-electron chi connectivity index (χ4n) is 2.82. The predicted molar refractivity (Wildman–Crippen MR) is 92.6 cm³/mol. The first kappa shape index (κ1) is 16.5. The molecule has 114 valence electrons. The van der Waals surface area contributed by atoms with Crippen LogP contribution in [0.25, 0.3) is 21.5 Å². The molecule has 0 aliphatic carbocycles. The molecule has 0 aliphatic heterocycles. The standard InChI is InChI=1S/C18H18.BH3O3/c1-18(2,3)17-15-10-6-4-8-13(15)12-14-9-5-7-11-16(14)17;2-1(3)4/h4-12H,1-3H3;2-4H. The van der Waals surface area contributed by atoms with Crippen molar-refractivity contribution in [1.82, 2.24) is 0 Å². The van der Waals surface area contributed by atoms with E-state index in [1.807, 2.05) is 0 Å². The minimum absolute atomic E-state index is 0.153.